The summed E-state index contributed by atoms with van der Waals surface area (Å²) < 4.78 is 6.56. The van der Waals surface area contributed by atoms with Crippen molar-refractivity contribution in [2.45, 2.75) is 26.2 Å². The molecule has 0 unspecified atom stereocenters. The second-order valence-electron chi connectivity index (χ2n) is 5.64. The van der Waals surface area contributed by atoms with Gasteiger partial charge in [0, 0.05) is 11.0 Å². The van der Waals surface area contributed by atoms with Crippen LogP contribution in [0.25, 0.3) is 11.3 Å². The summed E-state index contributed by atoms with van der Waals surface area (Å²) in [6, 6.07) is 5.41. The van der Waals surface area contributed by atoms with Gasteiger partial charge in [0.1, 0.15) is 17.3 Å². The van der Waals surface area contributed by atoms with Gasteiger partial charge in [0.2, 0.25) is 0 Å². The molecule has 1 aromatic heterocycles. The molecule has 0 bridgehead atoms. The van der Waals surface area contributed by atoms with Crippen LogP contribution in [0.5, 0.6) is 5.75 Å². The summed E-state index contributed by atoms with van der Waals surface area (Å²) in [5.74, 6) is 7.73. The Bertz CT molecular complexity index is 643. The molecule has 6 heteroatoms. The van der Waals surface area contributed by atoms with Gasteiger partial charge in [0.15, 0.2) is 5.82 Å². The van der Waals surface area contributed by atoms with Crippen LogP contribution in [0.2, 0.25) is 5.02 Å². The molecule has 0 radical (unpaired) electrons. The number of nitrogens with zero attached hydrogens (tertiary/aromatic N) is 2. The van der Waals surface area contributed by atoms with E-state index in [-0.39, 0.29) is 5.41 Å². The number of imidazole rings is 1. The fraction of sp³-hybridized carbons (Fsp3) is 0.357. The minimum Gasteiger partial charge on any atom is -0.495 e. The first kappa shape index (κ1) is 14.5. The third-order valence-corrected chi connectivity index (χ3v) is 3.34. The number of nitrogen functional groups attached to an aromatic ring is 2. The maximum Gasteiger partial charge on any atom is 0.150 e. The lowest BCUT2D eigenvalue weighted by Crippen LogP contribution is -2.24. The van der Waals surface area contributed by atoms with Crippen LogP contribution in [-0.4, -0.2) is 16.8 Å². The predicted octanol–water partition coefficient (Wildman–Crippen LogP) is 2.81. The maximum absolute atomic E-state index is 6.14. The third-order valence-electron chi connectivity index (χ3n) is 3.04. The van der Waals surface area contributed by atoms with Crippen LogP contribution >= 0.6 is 11.6 Å². The Balaban J connectivity index is 2.57. The van der Waals surface area contributed by atoms with Crippen LogP contribution in [0.1, 0.15) is 26.6 Å². The van der Waals surface area contributed by atoms with Gasteiger partial charge in [-0.15, -0.1) is 0 Å². The number of hydrogen-bond acceptors (Lipinski definition) is 4. The van der Waals surface area contributed by atoms with Crippen molar-refractivity contribution in [1.29, 1.82) is 0 Å². The smallest absolute Gasteiger partial charge is 0.150 e. The minimum atomic E-state index is -0.197. The SMILES string of the molecule is COc1ccc(-c2nc(C(C)(C)C)n(N)c2N)cc1Cl. The second kappa shape index (κ2) is 4.90. The fourth-order valence-corrected chi connectivity index (χ4v) is 2.26. The number of rotatable bonds is 2. The summed E-state index contributed by atoms with van der Waals surface area (Å²) in [6.45, 7) is 6.09. The van der Waals surface area contributed by atoms with Gasteiger partial charge in [-0.2, -0.15) is 0 Å². The number of halogens is 1. The minimum absolute atomic E-state index is 0.197. The summed E-state index contributed by atoms with van der Waals surface area (Å²) in [6.07, 6.45) is 0. The van der Waals surface area contributed by atoms with E-state index in [1.165, 1.54) is 4.68 Å². The summed E-state index contributed by atoms with van der Waals surface area (Å²) in [5.41, 5.74) is 7.29. The van der Waals surface area contributed by atoms with Crippen LogP contribution in [0.3, 0.4) is 0 Å². The molecule has 0 aliphatic carbocycles. The van der Waals surface area contributed by atoms with E-state index in [2.05, 4.69) is 4.98 Å². The van der Waals surface area contributed by atoms with Crippen molar-refractivity contribution < 1.29 is 4.74 Å². The molecule has 1 aromatic carbocycles. The van der Waals surface area contributed by atoms with Gasteiger partial charge in [0.25, 0.3) is 0 Å². The molecule has 0 spiro atoms. The summed E-state index contributed by atoms with van der Waals surface area (Å²) in [7, 11) is 1.57. The van der Waals surface area contributed by atoms with Crippen molar-refractivity contribution in [3.8, 4) is 17.0 Å². The molecule has 1 heterocycles. The lowest BCUT2D eigenvalue weighted by atomic mass is 9.96. The molecule has 108 valence electrons. The Kier molecular flexibility index (Phi) is 3.56. The van der Waals surface area contributed by atoms with Crippen LogP contribution in [0.15, 0.2) is 18.2 Å². The average Bonchev–Trinajstić information content (AvgIpc) is 2.66. The van der Waals surface area contributed by atoms with E-state index >= 15 is 0 Å². The zero-order valence-electron chi connectivity index (χ0n) is 12.1. The van der Waals surface area contributed by atoms with Gasteiger partial charge in [-0.3, -0.25) is 0 Å². The van der Waals surface area contributed by atoms with Crippen molar-refractivity contribution in [2.75, 3.05) is 18.7 Å². The highest BCUT2D eigenvalue weighted by Crippen LogP contribution is 2.34. The number of methoxy groups -OCH3 is 1. The molecule has 0 aliphatic rings. The molecular formula is C14H19ClN4O. The van der Waals surface area contributed by atoms with Gasteiger partial charge in [-0.05, 0) is 18.2 Å². The third kappa shape index (κ3) is 2.41. The van der Waals surface area contributed by atoms with Crippen molar-refractivity contribution in [3.63, 3.8) is 0 Å². The first-order valence-corrected chi connectivity index (χ1v) is 6.61. The van der Waals surface area contributed by atoms with Crippen LogP contribution < -0.4 is 16.3 Å². The number of hydrogen-bond donors (Lipinski definition) is 2. The van der Waals surface area contributed by atoms with Gasteiger partial charge in [0.05, 0.1) is 12.1 Å². The number of nitrogens with two attached hydrogens (primary N) is 2. The summed E-state index contributed by atoms with van der Waals surface area (Å²) in [5, 5.41) is 0.508. The molecule has 0 atom stereocenters. The Hall–Kier alpha value is -1.88. The molecule has 0 aliphatic heterocycles. The second-order valence-corrected chi connectivity index (χ2v) is 6.05. The number of anilines is 1. The van der Waals surface area contributed by atoms with Crippen molar-refractivity contribution in [3.05, 3.63) is 29.0 Å². The molecular weight excluding hydrogens is 276 g/mol. The monoisotopic (exact) mass is 294 g/mol. The lowest BCUT2D eigenvalue weighted by molar-refractivity contribution is 0.415. The first-order valence-electron chi connectivity index (χ1n) is 6.23. The zero-order chi connectivity index (χ0) is 15.1. The van der Waals surface area contributed by atoms with Gasteiger partial charge < -0.3 is 16.3 Å². The topological polar surface area (TPSA) is 79.1 Å². The normalized spacial score (nSPS) is 11.7. The summed E-state index contributed by atoms with van der Waals surface area (Å²) >= 11 is 6.14. The van der Waals surface area contributed by atoms with E-state index < -0.39 is 0 Å². The Morgan fingerprint density at radius 1 is 1.30 bits per heavy atom. The van der Waals surface area contributed by atoms with Crippen molar-refractivity contribution >= 4 is 17.4 Å². The Morgan fingerprint density at radius 3 is 2.40 bits per heavy atom. The molecule has 0 saturated carbocycles. The number of aromatic nitrogens is 2. The molecule has 2 rings (SSSR count). The van der Waals surface area contributed by atoms with Gasteiger partial charge in [-0.25, -0.2) is 9.66 Å². The van der Waals surface area contributed by atoms with Crippen molar-refractivity contribution in [2.24, 2.45) is 0 Å². The van der Waals surface area contributed by atoms with Crippen LogP contribution in [0, 0.1) is 0 Å². The highest BCUT2D eigenvalue weighted by atomic mass is 35.5. The van der Waals surface area contributed by atoms with E-state index in [9.17, 15) is 0 Å². The molecule has 0 amide bonds. The molecule has 0 saturated heterocycles. The molecule has 0 fully saturated rings. The van der Waals surface area contributed by atoms with E-state index in [1.54, 1.807) is 19.2 Å². The predicted molar refractivity (Wildman–Crippen MR) is 82.5 cm³/mol. The highest BCUT2D eigenvalue weighted by molar-refractivity contribution is 6.32. The van der Waals surface area contributed by atoms with Crippen LogP contribution in [0.4, 0.5) is 5.82 Å². The fourth-order valence-electron chi connectivity index (χ4n) is 2.00. The molecule has 2 aromatic rings. The van der Waals surface area contributed by atoms with Crippen molar-refractivity contribution in [1.82, 2.24) is 9.66 Å². The number of ether oxygens (including phenoxy) is 1. The molecule has 4 N–H and O–H groups in total. The number of benzene rings is 1. The highest BCUT2D eigenvalue weighted by Gasteiger charge is 2.24. The zero-order valence-corrected chi connectivity index (χ0v) is 12.8. The van der Waals surface area contributed by atoms with E-state index in [0.29, 0.717) is 22.3 Å². The van der Waals surface area contributed by atoms with Gasteiger partial charge in [-0.1, -0.05) is 32.4 Å². The summed E-state index contributed by atoms with van der Waals surface area (Å²) in [4.78, 5) is 4.56. The molecule has 5 nitrogen and oxygen atoms in total. The maximum atomic E-state index is 6.14. The molecule has 20 heavy (non-hydrogen) atoms. The van der Waals surface area contributed by atoms with E-state index in [1.807, 2.05) is 26.8 Å². The average molecular weight is 295 g/mol. The largest absolute Gasteiger partial charge is 0.495 e. The van der Waals surface area contributed by atoms with Crippen LogP contribution in [-0.2, 0) is 5.41 Å². The standard InChI is InChI=1S/C14H19ClN4O/c1-14(2,3)13-18-11(12(16)19(13)17)8-5-6-10(20-4)9(15)7-8/h5-7H,16-17H2,1-4H3. The van der Waals surface area contributed by atoms with Gasteiger partial charge >= 0.3 is 0 Å². The first-order chi connectivity index (χ1) is 9.25. The van der Waals surface area contributed by atoms with E-state index in [0.717, 1.165) is 11.4 Å². The Morgan fingerprint density at radius 2 is 1.95 bits per heavy atom. The van der Waals surface area contributed by atoms with E-state index in [4.69, 9.17) is 27.9 Å². The Labute approximate surface area is 123 Å². The lowest BCUT2D eigenvalue weighted by Gasteiger charge is -2.17. The quantitative estimate of drug-likeness (QED) is 0.835.